The molecule has 1 saturated carbocycles. The number of nitrogens with one attached hydrogen (secondary N) is 2. The molecule has 0 radical (unpaired) electrons. The average molecular weight is 271 g/mol. The number of nitrogens with two attached hydrogens (primary N) is 1. The lowest BCUT2D eigenvalue weighted by molar-refractivity contribution is 0.0632. The summed E-state index contributed by atoms with van der Waals surface area (Å²) in [7, 11) is 0. The summed E-state index contributed by atoms with van der Waals surface area (Å²) in [6, 6.07) is 10.9. The zero-order chi connectivity index (χ0) is 13.5. The van der Waals surface area contributed by atoms with Crippen LogP contribution in [-0.2, 0) is 4.84 Å². The van der Waals surface area contributed by atoms with Crippen molar-refractivity contribution in [3.8, 4) is 0 Å². The first-order chi connectivity index (χ1) is 9.84. The summed E-state index contributed by atoms with van der Waals surface area (Å²) >= 11 is 0. The smallest absolute Gasteiger partial charge is 0.117 e. The number of benzene rings is 1. The van der Waals surface area contributed by atoms with Gasteiger partial charge in [0.25, 0.3) is 0 Å². The lowest BCUT2D eigenvalue weighted by Crippen LogP contribution is -2.44. The molecule has 4 atom stereocenters. The Bertz CT molecular complexity index is 528. The Morgan fingerprint density at radius 3 is 2.75 bits per heavy atom. The van der Waals surface area contributed by atoms with E-state index in [1.807, 2.05) is 6.07 Å². The molecule has 0 aromatic heterocycles. The molecule has 2 fully saturated rings. The van der Waals surface area contributed by atoms with Gasteiger partial charge in [0, 0.05) is 12.0 Å². The van der Waals surface area contributed by atoms with Gasteiger partial charge in [-0.15, -0.1) is 0 Å². The molecule has 0 bridgehead atoms. The molecule has 1 saturated heterocycles. The molecule has 4 rings (SSSR count). The molecule has 0 spiro atoms. The van der Waals surface area contributed by atoms with Crippen LogP contribution >= 0.6 is 0 Å². The molecular weight excluding hydrogens is 250 g/mol. The molecule has 4 heteroatoms. The van der Waals surface area contributed by atoms with Crippen LogP contribution in [0.25, 0.3) is 5.70 Å². The van der Waals surface area contributed by atoms with Crippen molar-refractivity contribution in [1.82, 2.24) is 10.8 Å². The highest BCUT2D eigenvalue weighted by atomic mass is 16.7. The highest BCUT2D eigenvalue weighted by Crippen LogP contribution is 2.52. The first-order valence-electron chi connectivity index (χ1n) is 7.57. The lowest BCUT2D eigenvalue weighted by Gasteiger charge is -2.20. The Balaban J connectivity index is 1.58. The number of hydrogen-bond donors (Lipinski definition) is 3. The predicted molar refractivity (Wildman–Crippen MR) is 78.2 cm³/mol. The van der Waals surface area contributed by atoms with Crippen LogP contribution in [0.2, 0.25) is 0 Å². The molecule has 1 aliphatic carbocycles. The normalized spacial score (nSPS) is 36.2. The van der Waals surface area contributed by atoms with Gasteiger partial charge in [0.15, 0.2) is 0 Å². The molecule has 2 heterocycles. The van der Waals surface area contributed by atoms with Crippen LogP contribution in [0.5, 0.6) is 0 Å². The fraction of sp³-hybridized carbons (Fsp3) is 0.500. The second kappa shape index (κ2) is 4.88. The van der Waals surface area contributed by atoms with Crippen LogP contribution in [-0.4, -0.2) is 18.3 Å². The number of hydrogen-bond acceptors (Lipinski definition) is 4. The number of rotatable bonds is 2. The second-order valence-electron chi connectivity index (χ2n) is 6.03. The molecule has 3 aliphatic rings. The number of hydroxylamine groups is 1. The van der Waals surface area contributed by atoms with Gasteiger partial charge in [0.05, 0.1) is 11.9 Å². The minimum Gasteiger partial charge on any atom is -0.316 e. The van der Waals surface area contributed by atoms with Crippen LogP contribution in [0.4, 0.5) is 0 Å². The maximum Gasteiger partial charge on any atom is 0.117 e. The van der Waals surface area contributed by atoms with E-state index in [1.54, 1.807) is 0 Å². The fourth-order valence-electron chi connectivity index (χ4n) is 3.60. The van der Waals surface area contributed by atoms with E-state index >= 15 is 0 Å². The second-order valence-corrected chi connectivity index (χ2v) is 6.03. The van der Waals surface area contributed by atoms with Crippen molar-refractivity contribution in [3.05, 3.63) is 41.5 Å². The van der Waals surface area contributed by atoms with Gasteiger partial charge in [-0.05, 0) is 24.0 Å². The van der Waals surface area contributed by atoms with Crippen molar-refractivity contribution < 1.29 is 4.84 Å². The molecule has 4 unspecified atom stereocenters. The van der Waals surface area contributed by atoms with Crippen LogP contribution in [0, 0.1) is 5.92 Å². The van der Waals surface area contributed by atoms with Gasteiger partial charge in [-0.1, -0.05) is 43.2 Å². The van der Waals surface area contributed by atoms with Crippen molar-refractivity contribution in [3.63, 3.8) is 0 Å². The van der Waals surface area contributed by atoms with E-state index in [0.29, 0.717) is 12.0 Å². The fourth-order valence-corrected chi connectivity index (χ4v) is 3.60. The molecule has 1 aromatic rings. The molecule has 106 valence electrons. The summed E-state index contributed by atoms with van der Waals surface area (Å²) in [5.74, 6) is 0.496. The van der Waals surface area contributed by atoms with Crippen molar-refractivity contribution >= 4 is 5.70 Å². The van der Waals surface area contributed by atoms with E-state index in [0.717, 1.165) is 6.42 Å². The minimum absolute atomic E-state index is 0.137. The summed E-state index contributed by atoms with van der Waals surface area (Å²) in [6.07, 6.45) is 5.15. The Hall–Kier alpha value is -1.36. The molecule has 1 aromatic carbocycles. The SMILES string of the molecule is NC1CCCCC(C2C3=C(c4ccccc4)NOC32)N1. The molecule has 4 nitrogen and oxygen atoms in total. The van der Waals surface area contributed by atoms with Gasteiger partial charge in [-0.2, -0.15) is 0 Å². The molecule has 0 amide bonds. The zero-order valence-electron chi connectivity index (χ0n) is 11.5. The Labute approximate surface area is 119 Å². The van der Waals surface area contributed by atoms with E-state index < -0.39 is 0 Å². The van der Waals surface area contributed by atoms with Crippen molar-refractivity contribution in [2.45, 2.75) is 44.0 Å². The average Bonchev–Trinajstić information content (AvgIpc) is 3.09. The van der Waals surface area contributed by atoms with Crippen molar-refractivity contribution in [2.24, 2.45) is 11.7 Å². The van der Waals surface area contributed by atoms with Crippen LogP contribution < -0.4 is 16.5 Å². The molecular formula is C16H21N3O. The third kappa shape index (κ3) is 2.04. The van der Waals surface area contributed by atoms with E-state index in [9.17, 15) is 0 Å². The Kier molecular flexibility index (Phi) is 3.02. The maximum absolute atomic E-state index is 6.10. The van der Waals surface area contributed by atoms with Gasteiger partial charge >= 0.3 is 0 Å². The Morgan fingerprint density at radius 1 is 1.10 bits per heavy atom. The van der Waals surface area contributed by atoms with Gasteiger partial charge in [-0.25, -0.2) is 0 Å². The summed E-state index contributed by atoms with van der Waals surface area (Å²) in [4.78, 5) is 5.73. The van der Waals surface area contributed by atoms with Crippen LogP contribution in [0.15, 0.2) is 35.9 Å². The third-order valence-corrected chi connectivity index (χ3v) is 4.66. The van der Waals surface area contributed by atoms with Gasteiger partial charge < -0.3 is 5.73 Å². The quantitative estimate of drug-likeness (QED) is 0.767. The van der Waals surface area contributed by atoms with Crippen LogP contribution in [0.3, 0.4) is 0 Å². The summed E-state index contributed by atoms with van der Waals surface area (Å²) in [6.45, 7) is 0. The largest absolute Gasteiger partial charge is 0.316 e. The van der Waals surface area contributed by atoms with Gasteiger partial charge in [0.2, 0.25) is 0 Å². The van der Waals surface area contributed by atoms with Crippen molar-refractivity contribution in [1.29, 1.82) is 0 Å². The van der Waals surface area contributed by atoms with Gasteiger partial charge in [0.1, 0.15) is 6.10 Å². The number of fused-ring (bicyclic) bond motifs is 1. The van der Waals surface area contributed by atoms with E-state index in [4.69, 9.17) is 10.6 Å². The first-order valence-corrected chi connectivity index (χ1v) is 7.57. The highest BCUT2D eigenvalue weighted by Gasteiger charge is 2.56. The standard InChI is InChI=1S/C16H21N3O/c17-12-9-5-4-8-11(18-12)13-14-15(19-20-16(13)14)10-6-2-1-3-7-10/h1-3,6-7,11-13,16,18-19H,4-5,8-9,17H2. The topological polar surface area (TPSA) is 59.3 Å². The van der Waals surface area contributed by atoms with E-state index in [1.165, 1.54) is 36.1 Å². The predicted octanol–water partition coefficient (Wildman–Crippen LogP) is 1.75. The van der Waals surface area contributed by atoms with Crippen LogP contribution in [0.1, 0.15) is 31.2 Å². The maximum atomic E-state index is 6.10. The monoisotopic (exact) mass is 271 g/mol. The first kappa shape index (κ1) is 12.4. The Morgan fingerprint density at radius 2 is 1.90 bits per heavy atom. The summed E-state index contributed by atoms with van der Waals surface area (Å²) in [5, 5.41) is 3.58. The summed E-state index contributed by atoms with van der Waals surface area (Å²) in [5.41, 5.74) is 13.0. The lowest BCUT2D eigenvalue weighted by atomic mass is 10.0. The molecule has 20 heavy (non-hydrogen) atoms. The van der Waals surface area contributed by atoms with Crippen molar-refractivity contribution in [2.75, 3.05) is 0 Å². The van der Waals surface area contributed by atoms with E-state index in [2.05, 4.69) is 35.1 Å². The van der Waals surface area contributed by atoms with E-state index in [-0.39, 0.29) is 12.3 Å². The molecule has 2 aliphatic heterocycles. The highest BCUT2D eigenvalue weighted by molar-refractivity contribution is 5.74. The third-order valence-electron chi connectivity index (χ3n) is 4.66. The summed E-state index contributed by atoms with van der Waals surface area (Å²) < 4.78 is 0. The van der Waals surface area contributed by atoms with Gasteiger partial charge in [-0.3, -0.25) is 15.6 Å². The zero-order valence-corrected chi connectivity index (χ0v) is 11.5. The minimum atomic E-state index is 0.137. The molecule has 4 N–H and O–H groups in total.